The highest BCUT2D eigenvalue weighted by molar-refractivity contribution is 5.72. The second-order valence-corrected chi connectivity index (χ2v) is 7.55. The maximum Gasteiger partial charge on any atom is 0.309 e. The summed E-state index contributed by atoms with van der Waals surface area (Å²) in [4.78, 5) is 17.9. The van der Waals surface area contributed by atoms with Gasteiger partial charge in [0.05, 0.1) is 18.7 Å². The average Bonchev–Trinajstić information content (AvgIpc) is 3.12. The van der Waals surface area contributed by atoms with Crippen LogP contribution in [0.4, 0.5) is 4.39 Å². The molecule has 1 heterocycles. The fourth-order valence-electron chi connectivity index (χ4n) is 4.38. The van der Waals surface area contributed by atoms with Crippen LogP contribution < -0.4 is 10.8 Å². The van der Waals surface area contributed by atoms with Crippen molar-refractivity contribution in [2.24, 2.45) is 17.8 Å². The van der Waals surface area contributed by atoms with Gasteiger partial charge in [-0.2, -0.15) is 5.48 Å². The van der Waals surface area contributed by atoms with Crippen LogP contribution in [0.15, 0.2) is 0 Å². The molecule has 0 aromatic rings. The fraction of sp³-hybridized carbons (Fsp3) is 0.944. The molecular weight excluding hydrogens is 327 g/mol. The quantitative estimate of drug-likeness (QED) is 0.561. The highest BCUT2D eigenvalue weighted by Gasteiger charge is 2.41. The molecule has 6 atom stereocenters. The van der Waals surface area contributed by atoms with E-state index in [4.69, 9.17) is 14.3 Å². The van der Waals surface area contributed by atoms with E-state index in [0.29, 0.717) is 25.6 Å². The molecule has 0 bridgehead atoms. The zero-order valence-electron chi connectivity index (χ0n) is 15.0. The Bertz CT molecular complexity index is 439. The molecule has 0 spiro atoms. The Morgan fingerprint density at radius 2 is 2.00 bits per heavy atom. The van der Waals surface area contributed by atoms with Crippen molar-refractivity contribution in [1.29, 1.82) is 0 Å². The maximum atomic E-state index is 14.2. The maximum absolute atomic E-state index is 14.2. The number of halogens is 1. The number of esters is 1. The normalized spacial score (nSPS) is 39.3. The van der Waals surface area contributed by atoms with Crippen molar-refractivity contribution in [2.75, 3.05) is 20.3 Å². The van der Waals surface area contributed by atoms with Crippen molar-refractivity contribution < 1.29 is 23.5 Å². The number of nitrogens with one attached hydrogen (secondary N) is 2. The first-order valence-electron chi connectivity index (χ1n) is 9.66. The standard InChI is InChI=1S/C18H31FN2O4/c1-23-9-10-24-18(22)13-6-4-5-12(11-13)16-20-17(25-21-16)14-7-2-3-8-15(14)19/h12-17,20-21H,2-11H2,1H3. The number of rotatable bonds is 6. The molecule has 0 radical (unpaired) electrons. The zero-order chi connectivity index (χ0) is 17.6. The van der Waals surface area contributed by atoms with Crippen LogP contribution in [-0.4, -0.2) is 44.9 Å². The lowest BCUT2D eigenvalue weighted by molar-refractivity contribution is -0.151. The van der Waals surface area contributed by atoms with Crippen molar-refractivity contribution >= 4 is 5.97 Å². The van der Waals surface area contributed by atoms with Gasteiger partial charge in [0, 0.05) is 13.0 Å². The summed E-state index contributed by atoms with van der Waals surface area (Å²) in [5, 5.41) is 3.43. The van der Waals surface area contributed by atoms with Crippen molar-refractivity contribution in [3.05, 3.63) is 0 Å². The number of alkyl halides is 1. The summed E-state index contributed by atoms with van der Waals surface area (Å²) in [5.41, 5.74) is 3.06. The van der Waals surface area contributed by atoms with Crippen LogP contribution >= 0.6 is 0 Å². The minimum atomic E-state index is -0.790. The van der Waals surface area contributed by atoms with Crippen LogP contribution in [-0.2, 0) is 19.1 Å². The molecule has 3 aliphatic rings. The number of carbonyl (C=O) groups is 1. The van der Waals surface area contributed by atoms with E-state index in [0.717, 1.165) is 44.9 Å². The molecular formula is C18H31FN2O4. The predicted molar refractivity (Wildman–Crippen MR) is 90.1 cm³/mol. The molecule has 0 aromatic carbocycles. The van der Waals surface area contributed by atoms with Gasteiger partial charge in [-0.05, 0) is 38.0 Å². The SMILES string of the molecule is COCCOC(=O)C1CCCC(C2NOC(C3CCCCC3F)N2)C1. The van der Waals surface area contributed by atoms with Crippen LogP contribution in [0.3, 0.4) is 0 Å². The fourth-order valence-corrected chi connectivity index (χ4v) is 4.38. The van der Waals surface area contributed by atoms with E-state index in [-0.39, 0.29) is 30.2 Å². The largest absolute Gasteiger partial charge is 0.463 e. The molecule has 0 aromatic heterocycles. The van der Waals surface area contributed by atoms with E-state index in [1.807, 2.05) is 0 Å². The van der Waals surface area contributed by atoms with E-state index < -0.39 is 6.17 Å². The van der Waals surface area contributed by atoms with Gasteiger partial charge in [-0.3, -0.25) is 14.9 Å². The molecule has 6 unspecified atom stereocenters. The minimum absolute atomic E-state index is 0.0197. The van der Waals surface area contributed by atoms with Gasteiger partial charge in [0.25, 0.3) is 0 Å². The summed E-state index contributed by atoms with van der Waals surface area (Å²) < 4.78 is 24.4. The van der Waals surface area contributed by atoms with E-state index in [1.165, 1.54) is 0 Å². The highest BCUT2D eigenvalue weighted by Crippen LogP contribution is 2.35. The van der Waals surface area contributed by atoms with Gasteiger partial charge < -0.3 is 9.47 Å². The van der Waals surface area contributed by atoms with Crippen LogP contribution in [0, 0.1) is 17.8 Å². The van der Waals surface area contributed by atoms with E-state index >= 15 is 0 Å². The first-order chi connectivity index (χ1) is 12.2. The Morgan fingerprint density at radius 3 is 2.80 bits per heavy atom. The molecule has 1 aliphatic heterocycles. The number of hydrogen-bond acceptors (Lipinski definition) is 6. The Labute approximate surface area is 149 Å². The Morgan fingerprint density at radius 1 is 1.16 bits per heavy atom. The lowest BCUT2D eigenvalue weighted by atomic mass is 9.79. The molecule has 25 heavy (non-hydrogen) atoms. The summed E-state index contributed by atoms with van der Waals surface area (Å²) >= 11 is 0. The lowest BCUT2D eigenvalue weighted by Crippen LogP contribution is -2.46. The van der Waals surface area contributed by atoms with Crippen molar-refractivity contribution in [3.63, 3.8) is 0 Å². The van der Waals surface area contributed by atoms with Crippen LogP contribution in [0.5, 0.6) is 0 Å². The second kappa shape index (κ2) is 9.26. The third-order valence-corrected chi connectivity index (χ3v) is 5.84. The average molecular weight is 358 g/mol. The van der Waals surface area contributed by atoms with Gasteiger partial charge >= 0.3 is 5.97 Å². The van der Waals surface area contributed by atoms with E-state index in [1.54, 1.807) is 7.11 Å². The molecule has 144 valence electrons. The molecule has 7 heteroatoms. The van der Waals surface area contributed by atoms with E-state index in [9.17, 15) is 9.18 Å². The van der Waals surface area contributed by atoms with Gasteiger partial charge in [-0.1, -0.05) is 19.3 Å². The van der Waals surface area contributed by atoms with Crippen LogP contribution in [0.25, 0.3) is 0 Å². The van der Waals surface area contributed by atoms with Gasteiger partial charge in [0.1, 0.15) is 19.0 Å². The molecule has 0 amide bonds. The topological polar surface area (TPSA) is 68.8 Å². The first-order valence-corrected chi connectivity index (χ1v) is 9.66. The number of ether oxygens (including phenoxy) is 2. The Balaban J connectivity index is 1.48. The number of hydrogen-bond donors (Lipinski definition) is 2. The molecule has 6 nitrogen and oxygen atoms in total. The number of methoxy groups -OCH3 is 1. The Kier molecular flexibility index (Phi) is 7.04. The second-order valence-electron chi connectivity index (χ2n) is 7.55. The molecule has 2 aliphatic carbocycles. The first kappa shape index (κ1) is 19.0. The van der Waals surface area contributed by atoms with Gasteiger partial charge in [-0.25, -0.2) is 4.39 Å². The van der Waals surface area contributed by atoms with Crippen molar-refractivity contribution in [2.45, 2.75) is 69.9 Å². The highest BCUT2D eigenvalue weighted by atomic mass is 19.1. The van der Waals surface area contributed by atoms with Crippen molar-refractivity contribution in [1.82, 2.24) is 10.8 Å². The van der Waals surface area contributed by atoms with Crippen LogP contribution in [0.2, 0.25) is 0 Å². The zero-order valence-corrected chi connectivity index (χ0v) is 15.0. The van der Waals surface area contributed by atoms with E-state index in [2.05, 4.69) is 10.8 Å². The van der Waals surface area contributed by atoms with Crippen molar-refractivity contribution in [3.8, 4) is 0 Å². The third-order valence-electron chi connectivity index (χ3n) is 5.84. The van der Waals surface area contributed by atoms with Gasteiger partial charge in [-0.15, -0.1) is 0 Å². The summed E-state index contributed by atoms with van der Waals surface area (Å²) in [5.74, 6) is 0.0141. The molecule has 2 saturated carbocycles. The van der Waals surface area contributed by atoms with Gasteiger partial charge in [0.15, 0.2) is 0 Å². The number of hydroxylamine groups is 1. The summed E-state index contributed by atoms with van der Waals surface area (Å²) in [7, 11) is 1.59. The smallest absolute Gasteiger partial charge is 0.309 e. The minimum Gasteiger partial charge on any atom is -0.463 e. The molecule has 3 fully saturated rings. The third kappa shape index (κ3) is 4.90. The predicted octanol–water partition coefficient (Wildman–Crippen LogP) is 2.29. The summed E-state index contributed by atoms with van der Waals surface area (Å²) in [6.07, 6.45) is 6.13. The molecule has 2 N–H and O–H groups in total. The summed E-state index contributed by atoms with van der Waals surface area (Å²) in [6, 6.07) is 0. The monoisotopic (exact) mass is 358 g/mol. The van der Waals surface area contributed by atoms with Crippen LogP contribution in [0.1, 0.15) is 51.4 Å². The summed E-state index contributed by atoms with van der Waals surface area (Å²) in [6.45, 7) is 0.732. The van der Waals surface area contributed by atoms with Gasteiger partial charge in [0.2, 0.25) is 0 Å². The molecule has 1 saturated heterocycles. The lowest BCUT2D eigenvalue weighted by Gasteiger charge is -2.32. The molecule has 3 rings (SSSR count). The number of carbonyl (C=O) groups excluding carboxylic acids is 1. The Hall–Kier alpha value is -0.760.